The molecule has 0 amide bonds. The highest BCUT2D eigenvalue weighted by Crippen LogP contribution is 2.29. The molecule has 0 radical (unpaired) electrons. The van der Waals surface area contributed by atoms with Gasteiger partial charge in [0.2, 0.25) is 0 Å². The zero-order valence-electron chi connectivity index (χ0n) is 11.6. The van der Waals surface area contributed by atoms with Gasteiger partial charge in [0, 0.05) is 29.5 Å². The Bertz CT molecular complexity index is 393. The van der Waals surface area contributed by atoms with Crippen LogP contribution in [0.2, 0.25) is 4.34 Å². The minimum atomic E-state index is 0.394. The van der Waals surface area contributed by atoms with E-state index in [1.807, 2.05) is 6.07 Å². The second kappa shape index (κ2) is 5.91. The summed E-state index contributed by atoms with van der Waals surface area (Å²) in [6, 6.07) is 5.78. The van der Waals surface area contributed by atoms with Crippen LogP contribution in [-0.4, -0.2) is 30.6 Å². The molecule has 0 spiro atoms. The number of hydrogen-bond acceptors (Lipinski definition) is 3. The first-order valence-corrected chi connectivity index (χ1v) is 7.88. The average molecular weight is 287 g/mol. The summed E-state index contributed by atoms with van der Waals surface area (Å²) in [6.07, 6.45) is 1.22. The van der Waals surface area contributed by atoms with Crippen LogP contribution < -0.4 is 5.32 Å². The van der Waals surface area contributed by atoms with Gasteiger partial charge < -0.3 is 10.2 Å². The summed E-state index contributed by atoms with van der Waals surface area (Å²) in [5, 5.41) is 3.77. The molecule has 102 valence electrons. The number of nitrogens with one attached hydrogen (secondary N) is 1. The summed E-state index contributed by atoms with van der Waals surface area (Å²) in [5.41, 5.74) is 0. The Morgan fingerprint density at radius 2 is 2.17 bits per heavy atom. The lowest BCUT2D eigenvalue weighted by Gasteiger charge is -2.41. The Morgan fingerprint density at radius 3 is 2.78 bits per heavy atom. The lowest BCUT2D eigenvalue weighted by atomic mass is 9.89. The van der Waals surface area contributed by atoms with Gasteiger partial charge in [-0.1, -0.05) is 18.5 Å². The predicted molar refractivity (Wildman–Crippen MR) is 80.5 cm³/mol. The maximum atomic E-state index is 6.00. The summed E-state index contributed by atoms with van der Waals surface area (Å²) < 4.78 is 0.878. The van der Waals surface area contributed by atoms with Crippen molar-refractivity contribution in [3.63, 3.8) is 0 Å². The van der Waals surface area contributed by atoms with Crippen molar-refractivity contribution in [2.75, 3.05) is 13.6 Å². The zero-order valence-corrected chi connectivity index (χ0v) is 13.2. The number of halogens is 1. The van der Waals surface area contributed by atoms with Crippen LogP contribution in [0.4, 0.5) is 0 Å². The van der Waals surface area contributed by atoms with Crippen molar-refractivity contribution < 1.29 is 0 Å². The van der Waals surface area contributed by atoms with E-state index in [1.54, 1.807) is 11.3 Å². The van der Waals surface area contributed by atoms with Gasteiger partial charge in [-0.05, 0) is 45.4 Å². The Kier molecular flexibility index (Phi) is 4.70. The number of hydrogen-bond donors (Lipinski definition) is 1. The zero-order chi connectivity index (χ0) is 13.3. The van der Waals surface area contributed by atoms with Gasteiger partial charge in [0.1, 0.15) is 0 Å². The molecule has 0 aromatic carbocycles. The molecule has 0 aliphatic carbocycles. The van der Waals surface area contributed by atoms with Gasteiger partial charge in [-0.3, -0.25) is 0 Å². The summed E-state index contributed by atoms with van der Waals surface area (Å²) in [5.74, 6) is 0.698. The number of nitrogens with zero attached hydrogens (tertiary/aromatic N) is 1. The van der Waals surface area contributed by atoms with Crippen LogP contribution in [0.1, 0.15) is 38.1 Å². The van der Waals surface area contributed by atoms with Crippen molar-refractivity contribution in [1.29, 1.82) is 0 Å². The van der Waals surface area contributed by atoms with Gasteiger partial charge in [0.15, 0.2) is 0 Å². The number of likely N-dealkylation sites (tertiary alicyclic amines) is 1. The molecule has 1 saturated heterocycles. The fraction of sp³-hybridized carbons (Fsp3) is 0.714. The minimum Gasteiger partial charge on any atom is -0.306 e. The minimum absolute atomic E-state index is 0.394. The van der Waals surface area contributed by atoms with Gasteiger partial charge >= 0.3 is 0 Å². The fourth-order valence-electron chi connectivity index (χ4n) is 2.74. The first-order chi connectivity index (χ1) is 8.47. The Hall–Kier alpha value is -0.0900. The molecule has 2 nitrogen and oxygen atoms in total. The monoisotopic (exact) mass is 286 g/mol. The average Bonchev–Trinajstić information content (AvgIpc) is 2.73. The third-order valence-electron chi connectivity index (χ3n) is 4.10. The second-order valence-electron chi connectivity index (χ2n) is 5.64. The van der Waals surface area contributed by atoms with E-state index in [0.717, 1.165) is 4.34 Å². The van der Waals surface area contributed by atoms with Gasteiger partial charge in [-0.25, -0.2) is 0 Å². The SMILES string of the molecule is CC(NC1CC(C)N(C)CC1C)c1ccc(Cl)s1. The normalized spacial score (nSPS) is 31.5. The van der Waals surface area contributed by atoms with Crippen LogP contribution in [0.25, 0.3) is 0 Å². The first-order valence-electron chi connectivity index (χ1n) is 6.69. The highest BCUT2D eigenvalue weighted by atomic mass is 35.5. The fourth-order valence-corrected chi connectivity index (χ4v) is 3.81. The Balaban J connectivity index is 1.96. The molecular formula is C14H23ClN2S. The molecule has 0 bridgehead atoms. The highest BCUT2D eigenvalue weighted by molar-refractivity contribution is 7.16. The van der Waals surface area contributed by atoms with Crippen LogP contribution in [0.15, 0.2) is 12.1 Å². The van der Waals surface area contributed by atoms with Crippen LogP contribution in [0, 0.1) is 5.92 Å². The quantitative estimate of drug-likeness (QED) is 0.910. The number of rotatable bonds is 3. The number of thiophene rings is 1. The van der Waals surface area contributed by atoms with Gasteiger partial charge in [0.25, 0.3) is 0 Å². The van der Waals surface area contributed by atoms with E-state index in [-0.39, 0.29) is 0 Å². The van der Waals surface area contributed by atoms with E-state index in [0.29, 0.717) is 24.0 Å². The molecule has 0 saturated carbocycles. The topological polar surface area (TPSA) is 15.3 Å². The van der Waals surface area contributed by atoms with Crippen LogP contribution in [0.5, 0.6) is 0 Å². The molecule has 2 rings (SSSR count). The molecule has 1 aromatic heterocycles. The summed E-state index contributed by atoms with van der Waals surface area (Å²) >= 11 is 7.68. The maximum absolute atomic E-state index is 6.00. The smallest absolute Gasteiger partial charge is 0.0931 e. The number of piperidine rings is 1. The standard InChI is InChI=1S/C14H23ClN2S/c1-9-8-17(4)10(2)7-12(9)16-11(3)13-5-6-14(15)18-13/h5-6,9-12,16H,7-8H2,1-4H3. The van der Waals surface area contributed by atoms with Gasteiger partial charge in [0.05, 0.1) is 4.34 Å². The molecule has 1 N–H and O–H groups in total. The molecule has 18 heavy (non-hydrogen) atoms. The Morgan fingerprint density at radius 1 is 1.44 bits per heavy atom. The lowest BCUT2D eigenvalue weighted by Crippen LogP contribution is -2.51. The summed E-state index contributed by atoms with van der Waals surface area (Å²) in [7, 11) is 2.22. The first kappa shape index (κ1) is 14.3. The van der Waals surface area contributed by atoms with E-state index < -0.39 is 0 Å². The van der Waals surface area contributed by atoms with Crippen molar-refractivity contribution in [2.45, 2.75) is 45.3 Å². The van der Waals surface area contributed by atoms with E-state index in [2.05, 4.69) is 44.1 Å². The van der Waals surface area contributed by atoms with E-state index in [1.165, 1.54) is 17.8 Å². The lowest BCUT2D eigenvalue weighted by molar-refractivity contribution is 0.117. The van der Waals surface area contributed by atoms with Crippen molar-refractivity contribution >= 4 is 22.9 Å². The molecule has 4 heteroatoms. The molecule has 1 aromatic rings. The molecule has 1 fully saturated rings. The third-order valence-corrected chi connectivity index (χ3v) is 5.51. The molecule has 1 aliphatic rings. The van der Waals surface area contributed by atoms with Crippen molar-refractivity contribution in [2.24, 2.45) is 5.92 Å². The molecule has 4 atom stereocenters. The van der Waals surface area contributed by atoms with E-state index >= 15 is 0 Å². The largest absolute Gasteiger partial charge is 0.306 e. The van der Waals surface area contributed by atoms with Crippen LogP contribution >= 0.6 is 22.9 Å². The Labute approximate surface area is 119 Å². The highest BCUT2D eigenvalue weighted by Gasteiger charge is 2.29. The van der Waals surface area contributed by atoms with Crippen LogP contribution in [-0.2, 0) is 0 Å². The van der Waals surface area contributed by atoms with Gasteiger partial charge in [-0.2, -0.15) is 0 Å². The molecular weight excluding hydrogens is 264 g/mol. The third kappa shape index (κ3) is 3.27. The van der Waals surface area contributed by atoms with Crippen molar-refractivity contribution in [3.05, 3.63) is 21.3 Å². The second-order valence-corrected chi connectivity index (χ2v) is 7.38. The van der Waals surface area contributed by atoms with Gasteiger partial charge in [-0.15, -0.1) is 11.3 Å². The predicted octanol–water partition coefficient (Wildman–Crippen LogP) is 3.78. The van der Waals surface area contributed by atoms with Crippen molar-refractivity contribution in [3.8, 4) is 0 Å². The summed E-state index contributed by atoms with van der Waals surface area (Å²) in [6.45, 7) is 8.07. The van der Waals surface area contributed by atoms with Crippen molar-refractivity contribution in [1.82, 2.24) is 10.2 Å². The van der Waals surface area contributed by atoms with Crippen LogP contribution in [0.3, 0.4) is 0 Å². The maximum Gasteiger partial charge on any atom is 0.0931 e. The molecule has 1 aliphatic heterocycles. The molecule has 4 unspecified atom stereocenters. The van der Waals surface area contributed by atoms with E-state index in [4.69, 9.17) is 11.6 Å². The molecule has 2 heterocycles. The van der Waals surface area contributed by atoms with E-state index in [9.17, 15) is 0 Å². The summed E-state index contributed by atoms with van der Waals surface area (Å²) in [4.78, 5) is 3.79.